The van der Waals surface area contributed by atoms with Gasteiger partial charge in [0, 0.05) is 0 Å². The lowest BCUT2D eigenvalue weighted by Gasteiger charge is -2.32. The number of methoxy groups -OCH3 is 1. The molecule has 1 aliphatic heterocycles. The summed E-state index contributed by atoms with van der Waals surface area (Å²) >= 11 is 4.09. The molecule has 2 rings (SSSR count). The van der Waals surface area contributed by atoms with Crippen LogP contribution in [0.4, 0.5) is 0 Å². The van der Waals surface area contributed by atoms with Gasteiger partial charge >= 0.3 is 0 Å². The second-order valence-electron chi connectivity index (χ2n) is 3.73. The van der Waals surface area contributed by atoms with E-state index in [4.69, 9.17) is 4.74 Å². The third kappa shape index (κ3) is 2.45. The van der Waals surface area contributed by atoms with Crippen LogP contribution in [0.1, 0.15) is 18.9 Å². The fraction of sp³-hybridized carbons (Fsp3) is 0.500. The molecule has 1 aliphatic rings. The monoisotopic (exact) mass is 240 g/mol. The Morgan fingerprint density at radius 2 is 2.00 bits per heavy atom. The summed E-state index contributed by atoms with van der Waals surface area (Å²) in [6.07, 6.45) is 1.33. The summed E-state index contributed by atoms with van der Waals surface area (Å²) in [6.45, 7) is 2.32. The normalized spacial score (nSPS) is 19.9. The zero-order valence-corrected chi connectivity index (χ0v) is 10.8. The second kappa shape index (κ2) is 4.71. The van der Waals surface area contributed by atoms with Crippen LogP contribution in [0.25, 0.3) is 0 Å². The lowest BCUT2D eigenvalue weighted by atomic mass is 10.1. The van der Waals surface area contributed by atoms with Crippen molar-refractivity contribution in [1.29, 1.82) is 0 Å². The van der Waals surface area contributed by atoms with Crippen molar-refractivity contribution in [3.63, 3.8) is 0 Å². The molecular formula is C12H16OS2. The number of benzene rings is 1. The highest BCUT2D eigenvalue weighted by Gasteiger charge is 2.30. The maximum absolute atomic E-state index is 5.27. The zero-order valence-electron chi connectivity index (χ0n) is 9.16. The molecule has 0 aromatic heterocycles. The summed E-state index contributed by atoms with van der Waals surface area (Å²) in [5.74, 6) is 3.49. The Hall–Kier alpha value is -0.280. The highest BCUT2D eigenvalue weighted by molar-refractivity contribution is 8.18. The Kier molecular flexibility index (Phi) is 3.52. The SMILES string of the molecule is COc1cccc(C2(C)SCCCS2)c1. The predicted molar refractivity (Wildman–Crippen MR) is 69.9 cm³/mol. The lowest BCUT2D eigenvalue weighted by Crippen LogP contribution is -2.18. The van der Waals surface area contributed by atoms with Gasteiger partial charge in [-0.3, -0.25) is 0 Å². The highest BCUT2D eigenvalue weighted by atomic mass is 32.2. The lowest BCUT2D eigenvalue weighted by molar-refractivity contribution is 0.414. The highest BCUT2D eigenvalue weighted by Crippen LogP contribution is 2.50. The molecule has 0 amide bonds. The van der Waals surface area contributed by atoms with Gasteiger partial charge in [0.05, 0.1) is 11.2 Å². The number of thioether (sulfide) groups is 2. The second-order valence-corrected chi connectivity index (χ2v) is 7.01. The molecule has 0 bridgehead atoms. The summed E-state index contributed by atoms with van der Waals surface area (Å²) in [4.78, 5) is 0. The van der Waals surface area contributed by atoms with E-state index in [1.54, 1.807) is 7.11 Å². The Morgan fingerprint density at radius 1 is 1.27 bits per heavy atom. The minimum atomic E-state index is 0.215. The molecule has 0 unspecified atom stereocenters. The van der Waals surface area contributed by atoms with Crippen molar-refractivity contribution in [3.05, 3.63) is 29.8 Å². The van der Waals surface area contributed by atoms with Crippen LogP contribution in [0.3, 0.4) is 0 Å². The molecular weight excluding hydrogens is 224 g/mol. The predicted octanol–water partition coefficient (Wildman–Crippen LogP) is 3.74. The molecule has 1 aromatic rings. The minimum Gasteiger partial charge on any atom is -0.497 e. The first-order valence-corrected chi connectivity index (χ1v) is 7.14. The molecule has 1 heterocycles. The van der Waals surface area contributed by atoms with E-state index < -0.39 is 0 Å². The van der Waals surface area contributed by atoms with Crippen LogP contribution in [-0.4, -0.2) is 18.6 Å². The summed E-state index contributed by atoms with van der Waals surface area (Å²) in [7, 11) is 1.72. The third-order valence-corrected chi connectivity index (χ3v) is 5.90. The zero-order chi connectivity index (χ0) is 10.7. The van der Waals surface area contributed by atoms with Gasteiger partial charge in [-0.1, -0.05) is 12.1 Å². The van der Waals surface area contributed by atoms with Crippen LogP contribution in [0.5, 0.6) is 5.75 Å². The summed E-state index contributed by atoms with van der Waals surface area (Å²) < 4.78 is 5.49. The van der Waals surface area contributed by atoms with Gasteiger partial charge in [0.1, 0.15) is 5.75 Å². The Morgan fingerprint density at radius 3 is 2.67 bits per heavy atom. The topological polar surface area (TPSA) is 9.23 Å². The van der Waals surface area contributed by atoms with E-state index in [1.807, 2.05) is 29.6 Å². The quantitative estimate of drug-likeness (QED) is 0.779. The largest absolute Gasteiger partial charge is 0.497 e. The molecule has 1 nitrogen and oxygen atoms in total. The van der Waals surface area contributed by atoms with Gasteiger partial charge in [-0.2, -0.15) is 0 Å². The fourth-order valence-electron chi connectivity index (χ4n) is 1.71. The van der Waals surface area contributed by atoms with Crippen molar-refractivity contribution in [2.24, 2.45) is 0 Å². The minimum absolute atomic E-state index is 0.215. The average Bonchev–Trinajstić information content (AvgIpc) is 2.30. The van der Waals surface area contributed by atoms with Gasteiger partial charge < -0.3 is 4.74 Å². The van der Waals surface area contributed by atoms with Crippen molar-refractivity contribution in [3.8, 4) is 5.75 Å². The van der Waals surface area contributed by atoms with Crippen molar-refractivity contribution < 1.29 is 4.74 Å². The van der Waals surface area contributed by atoms with Crippen LogP contribution in [0.15, 0.2) is 24.3 Å². The Balaban J connectivity index is 2.26. The standard InChI is InChI=1S/C12H16OS2/c1-12(14-7-4-8-15-12)10-5-3-6-11(9-10)13-2/h3,5-6,9H,4,7-8H2,1-2H3. The maximum atomic E-state index is 5.27. The number of rotatable bonds is 2. The molecule has 0 saturated carbocycles. The van der Waals surface area contributed by atoms with Crippen LogP contribution in [0, 0.1) is 0 Å². The van der Waals surface area contributed by atoms with Crippen LogP contribution >= 0.6 is 23.5 Å². The van der Waals surface area contributed by atoms with E-state index in [0.29, 0.717) is 0 Å². The van der Waals surface area contributed by atoms with Gasteiger partial charge in [-0.05, 0) is 42.5 Å². The van der Waals surface area contributed by atoms with Crippen molar-refractivity contribution in [2.75, 3.05) is 18.6 Å². The molecule has 3 heteroatoms. The average molecular weight is 240 g/mol. The molecule has 15 heavy (non-hydrogen) atoms. The molecule has 0 N–H and O–H groups in total. The van der Waals surface area contributed by atoms with E-state index in [1.165, 1.54) is 23.5 Å². The van der Waals surface area contributed by atoms with Gasteiger partial charge in [0.25, 0.3) is 0 Å². The molecule has 0 atom stereocenters. The van der Waals surface area contributed by atoms with E-state index in [9.17, 15) is 0 Å². The molecule has 0 radical (unpaired) electrons. The van der Waals surface area contributed by atoms with Gasteiger partial charge in [0.15, 0.2) is 0 Å². The number of ether oxygens (including phenoxy) is 1. The van der Waals surface area contributed by atoms with E-state index >= 15 is 0 Å². The fourth-order valence-corrected chi connectivity index (χ4v) is 4.67. The van der Waals surface area contributed by atoms with Gasteiger partial charge in [-0.25, -0.2) is 0 Å². The third-order valence-electron chi connectivity index (χ3n) is 2.64. The molecule has 1 fully saturated rings. The van der Waals surface area contributed by atoms with Crippen LogP contribution in [-0.2, 0) is 4.08 Å². The van der Waals surface area contributed by atoms with Crippen molar-refractivity contribution >= 4 is 23.5 Å². The molecule has 1 saturated heterocycles. The molecule has 82 valence electrons. The van der Waals surface area contributed by atoms with E-state index in [0.717, 1.165) is 5.75 Å². The van der Waals surface area contributed by atoms with Crippen LogP contribution in [0.2, 0.25) is 0 Å². The first kappa shape index (κ1) is 11.2. The Labute approximate surface area is 100.0 Å². The van der Waals surface area contributed by atoms with Crippen molar-refractivity contribution in [2.45, 2.75) is 17.4 Å². The Bertz CT molecular complexity index is 332. The van der Waals surface area contributed by atoms with E-state index in [-0.39, 0.29) is 4.08 Å². The molecule has 0 spiro atoms. The first-order valence-electron chi connectivity index (χ1n) is 5.17. The maximum Gasteiger partial charge on any atom is 0.119 e. The summed E-state index contributed by atoms with van der Waals surface area (Å²) in [5.41, 5.74) is 1.37. The number of hydrogen-bond acceptors (Lipinski definition) is 3. The smallest absolute Gasteiger partial charge is 0.119 e. The first-order chi connectivity index (χ1) is 7.24. The van der Waals surface area contributed by atoms with Crippen LogP contribution < -0.4 is 4.74 Å². The molecule has 0 aliphatic carbocycles. The van der Waals surface area contributed by atoms with E-state index in [2.05, 4.69) is 25.1 Å². The summed E-state index contributed by atoms with van der Waals surface area (Å²) in [5, 5.41) is 0. The van der Waals surface area contributed by atoms with Crippen molar-refractivity contribution in [1.82, 2.24) is 0 Å². The van der Waals surface area contributed by atoms with Gasteiger partial charge in [0.2, 0.25) is 0 Å². The summed E-state index contributed by atoms with van der Waals surface area (Å²) in [6, 6.07) is 8.44. The molecule has 1 aromatic carbocycles. The number of hydrogen-bond donors (Lipinski definition) is 0. The van der Waals surface area contributed by atoms with Gasteiger partial charge in [-0.15, -0.1) is 23.5 Å².